The van der Waals surface area contributed by atoms with Crippen LogP contribution in [0.15, 0.2) is 0 Å². The topological polar surface area (TPSA) is 37.3 Å². The largest absolute Gasteiger partial charge is 0.481 e. The standard InChI is InChI=1S/C13H22O2/c14-13(15)9-8-11-6-3-5-10-4-1-2-7-12(10)11/h10-12H,1-9H2,(H,14,15)/t10-,11-,12-/m1/s1. The first-order chi connectivity index (χ1) is 7.27. The first-order valence-corrected chi connectivity index (χ1v) is 6.49. The van der Waals surface area contributed by atoms with Crippen LogP contribution in [0, 0.1) is 17.8 Å². The molecule has 2 aliphatic rings. The quantitative estimate of drug-likeness (QED) is 0.774. The molecule has 86 valence electrons. The molecule has 2 rings (SSSR count). The van der Waals surface area contributed by atoms with Crippen LogP contribution >= 0.6 is 0 Å². The molecule has 0 saturated heterocycles. The predicted octanol–water partition coefficient (Wildman–Crippen LogP) is 3.46. The molecule has 0 unspecified atom stereocenters. The van der Waals surface area contributed by atoms with Gasteiger partial charge in [0.1, 0.15) is 0 Å². The summed E-state index contributed by atoms with van der Waals surface area (Å²) in [5.74, 6) is 1.91. The second-order valence-corrected chi connectivity index (χ2v) is 5.33. The highest BCUT2D eigenvalue weighted by atomic mass is 16.4. The van der Waals surface area contributed by atoms with Gasteiger partial charge in [-0.3, -0.25) is 4.79 Å². The maximum absolute atomic E-state index is 10.6. The molecule has 15 heavy (non-hydrogen) atoms. The Morgan fingerprint density at radius 2 is 1.80 bits per heavy atom. The number of hydrogen-bond acceptors (Lipinski definition) is 1. The molecule has 2 nitrogen and oxygen atoms in total. The average Bonchev–Trinajstić information content (AvgIpc) is 2.26. The van der Waals surface area contributed by atoms with Crippen molar-refractivity contribution < 1.29 is 9.90 Å². The monoisotopic (exact) mass is 210 g/mol. The highest BCUT2D eigenvalue weighted by Gasteiger charge is 2.34. The molecule has 0 aromatic heterocycles. The van der Waals surface area contributed by atoms with Crippen LogP contribution in [0.3, 0.4) is 0 Å². The van der Waals surface area contributed by atoms with Crippen molar-refractivity contribution in [2.45, 2.75) is 57.8 Å². The van der Waals surface area contributed by atoms with Crippen LogP contribution in [0.5, 0.6) is 0 Å². The van der Waals surface area contributed by atoms with Crippen molar-refractivity contribution in [1.82, 2.24) is 0 Å². The lowest BCUT2D eigenvalue weighted by Crippen LogP contribution is -2.31. The van der Waals surface area contributed by atoms with Crippen molar-refractivity contribution in [3.8, 4) is 0 Å². The normalized spacial score (nSPS) is 35.9. The first-order valence-electron chi connectivity index (χ1n) is 6.49. The zero-order valence-electron chi connectivity index (χ0n) is 9.45. The third kappa shape index (κ3) is 2.73. The van der Waals surface area contributed by atoms with Crippen LogP contribution in [-0.2, 0) is 4.79 Å². The average molecular weight is 210 g/mol. The van der Waals surface area contributed by atoms with Crippen LogP contribution in [0.1, 0.15) is 57.8 Å². The first kappa shape index (κ1) is 11.0. The molecular formula is C13H22O2. The number of hydrogen-bond donors (Lipinski definition) is 1. The Morgan fingerprint density at radius 3 is 2.60 bits per heavy atom. The molecule has 2 saturated carbocycles. The van der Waals surface area contributed by atoms with E-state index in [1.54, 1.807) is 0 Å². The van der Waals surface area contributed by atoms with Gasteiger partial charge in [-0.2, -0.15) is 0 Å². The van der Waals surface area contributed by atoms with Crippen LogP contribution in [-0.4, -0.2) is 11.1 Å². The van der Waals surface area contributed by atoms with Gasteiger partial charge >= 0.3 is 5.97 Å². The SMILES string of the molecule is O=C(O)CC[C@H]1CCC[C@H]2CCCC[C@H]21. The number of aliphatic carboxylic acids is 1. The molecule has 0 bridgehead atoms. The van der Waals surface area contributed by atoms with Crippen molar-refractivity contribution in [2.75, 3.05) is 0 Å². The van der Waals surface area contributed by atoms with E-state index in [1.165, 1.54) is 44.9 Å². The maximum Gasteiger partial charge on any atom is 0.303 e. The lowest BCUT2D eigenvalue weighted by molar-refractivity contribution is -0.137. The summed E-state index contributed by atoms with van der Waals surface area (Å²) < 4.78 is 0. The van der Waals surface area contributed by atoms with Crippen molar-refractivity contribution >= 4 is 5.97 Å². The third-order valence-corrected chi connectivity index (χ3v) is 4.45. The van der Waals surface area contributed by atoms with Gasteiger partial charge in [-0.15, -0.1) is 0 Å². The predicted molar refractivity (Wildman–Crippen MR) is 59.7 cm³/mol. The van der Waals surface area contributed by atoms with E-state index in [9.17, 15) is 4.79 Å². The molecule has 0 aromatic rings. The number of fused-ring (bicyclic) bond motifs is 1. The number of carboxylic acid groups (broad SMARTS) is 1. The van der Waals surface area contributed by atoms with Gasteiger partial charge in [-0.25, -0.2) is 0 Å². The fourth-order valence-electron chi connectivity index (χ4n) is 3.74. The van der Waals surface area contributed by atoms with Gasteiger partial charge in [-0.05, 0) is 30.6 Å². The van der Waals surface area contributed by atoms with Gasteiger partial charge in [0.2, 0.25) is 0 Å². The molecular weight excluding hydrogens is 188 g/mol. The van der Waals surface area contributed by atoms with Crippen LogP contribution in [0.2, 0.25) is 0 Å². The third-order valence-electron chi connectivity index (χ3n) is 4.45. The summed E-state index contributed by atoms with van der Waals surface area (Å²) in [7, 11) is 0. The Labute approximate surface area is 92.1 Å². The summed E-state index contributed by atoms with van der Waals surface area (Å²) in [5, 5.41) is 8.74. The molecule has 0 amide bonds. The van der Waals surface area contributed by atoms with Crippen molar-refractivity contribution in [3.05, 3.63) is 0 Å². The summed E-state index contributed by atoms with van der Waals surface area (Å²) in [4.78, 5) is 10.6. The van der Waals surface area contributed by atoms with E-state index in [0.717, 1.165) is 24.2 Å². The minimum Gasteiger partial charge on any atom is -0.481 e. The fourth-order valence-corrected chi connectivity index (χ4v) is 3.74. The Bertz CT molecular complexity index is 223. The van der Waals surface area contributed by atoms with E-state index < -0.39 is 5.97 Å². The van der Waals surface area contributed by atoms with E-state index in [1.807, 2.05) is 0 Å². The minimum atomic E-state index is -0.618. The highest BCUT2D eigenvalue weighted by molar-refractivity contribution is 5.66. The van der Waals surface area contributed by atoms with E-state index in [-0.39, 0.29) is 0 Å². The molecule has 3 atom stereocenters. The Balaban J connectivity index is 1.88. The van der Waals surface area contributed by atoms with Gasteiger partial charge in [0.15, 0.2) is 0 Å². The lowest BCUT2D eigenvalue weighted by Gasteiger charge is -2.41. The van der Waals surface area contributed by atoms with Crippen LogP contribution in [0.4, 0.5) is 0 Å². The molecule has 0 spiro atoms. The summed E-state index contributed by atoms with van der Waals surface area (Å²) in [6.45, 7) is 0. The van der Waals surface area contributed by atoms with E-state index >= 15 is 0 Å². The minimum absolute atomic E-state index is 0.383. The second kappa shape index (κ2) is 5.00. The summed E-state index contributed by atoms with van der Waals surface area (Å²) >= 11 is 0. The summed E-state index contributed by atoms with van der Waals surface area (Å²) in [6.07, 6.45) is 10.9. The maximum atomic E-state index is 10.6. The van der Waals surface area contributed by atoms with E-state index in [4.69, 9.17) is 5.11 Å². The second-order valence-electron chi connectivity index (χ2n) is 5.33. The molecule has 2 fully saturated rings. The lowest BCUT2D eigenvalue weighted by atomic mass is 9.64. The molecule has 2 heteroatoms. The molecule has 2 aliphatic carbocycles. The van der Waals surface area contributed by atoms with Crippen LogP contribution in [0.25, 0.3) is 0 Å². The smallest absolute Gasteiger partial charge is 0.303 e. The Hall–Kier alpha value is -0.530. The van der Waals surface area contributed by atoms with E-state index in [2.05, 4.69) is 0 Å². The number of rotatable bonds is 3. The Kier molecular flexibility index (Phi) is 3.66. The molecule has 1 N–H and O–H groups in total. The van der Waals surface area contributed by atoms with Crippen molar-refractivity contribution in [1.29, 1.82) is 0 Å². The van der Waals surface area contributed by atoms with Gasteiger partial charge in [0.05, 0.1) is 0 Å². The molecule has 0 aromatic carbocycles. The van der Waals surface area contributed by atoms with Gasteiger partial charge < -0.3 is 5.11 Å². The number of carboxylic acids is 1. The van der Waals surface area contributed by atoms with Crippen molar-refractivity contribution in [2.24, 2.45) is 17.8 Å². The molecule has 0 aliphatic heterocycles. The fraction of sp³-hybridized carbons (Fsp3) is 0.923. The zero-order chi connectivity index (χ0) is 10.7. The zero-order valence-corrected chi connectivity index (χ0v) is 9.45. The van der Waals surface area contributed by atoms with Gasteiger partial charge in [0, 0.05) is 6.42 Å². The van der Waals surface area contributed by atoms with E-state index in [0.29, 0.717) is 6.42 Å². The summed E-state index contributed by atoms with van der Waals surface area (Å²) in [6, 6.07) is 0. The molecule has 0 radical (unpaired) electrons. The number of carbonyl (C=O) groups is 1. The van der Waals surface area contributed by atoms with Gasteiger partial charge in [-0.1, -0.05) is 38.5 Å². The van der Waals surface area contributed by atoms with Crippen molar-refractivity contribution in [3.63, 3.8) is 0 Å². The molecule has 0 heterocycles. The summed E-state index contributed by atoms with van der Waals surface area (Å²) in [5.41, 5.74) is 0. The van der Waals surface area contributed by atoms with Crippen LogP contribution < -0.4 is 0 Å². The highest BCUT2D eigenvalue weighted by Crippen LogP contribution is 2.45. The van der Waals surface area contributed by atoms with Gasteiger partial charge in [0.25, 0.3) is 0 Å². The Morgan fingerprint density at radius 1 is 1.07 bits per heavy atom.